The monoisotopic (exact) mass is 357 g/mol. The van der Waals surface area contributed by atoms with Gasteiger partial charge < -0.3 is 20.4 Å². The van der Waals surface area contributed by atoms with Crippen LogP contribution in [0.3, 0.4) is 0 Å². The molecule has 1 saturated carbocycles. The molecule has 6 nitrogen and oxygen atoms in total. The van der Waals surface area contributed by atoms with Crippen molar-refractivity contribution in [3.63, 3.8) is 0 Å². The number of anilines is 1. The fourth-order valence-electron chi connectivity index (χ4n) is 4.58. The van der Waals surface area contributed by atoms with Crippen molar-refractivity contribution in [2.24, 2.45) is 0 Å². The lowest BCUT2D eigenvalue weighted by Gasteiger charge is -2.39. The minimum Gasteiger partial charge on any atom is -0.368 e. The van der Waals surface area contributed by atoms with E-state index in [1.165, 1.54) is 18.5 Å². The first-order valence-electron chi connectivity index (χ1n) is 9.94. The number of piperazine rings is 2. The summed E-state index contributed by atoms with van der Waals surface area (Å²) in [5.41, 5.74) is 1.21. The zero-order chi connectivity index (χ0) is 17.9. The molecule has 0 unspecified atom stereocenters. The maximum absolute atomic E-state index is 12.7. The molecule has 0 bridgehead atoms. The second kappa shape index (κ2) is 7.66. The summed E-state index contributed by atoms with van der Waals surface area (Å²) in [5, 5.41) is 5.32. The van der Waals surface area contributed by atoms with Crippen molar-refractivity contribution < 1.29 is 14.9 Å². The number of nitrogens with two attached hydrogens (primary N) is 1. The van der Waals surface area contributed by atoms with E-state index in [4.69, 9.17) is 0 Å². The smallest absolute Gasteiger partial charge is 0.279 e. The average Bonchev–Trinajstić information content (AvgIpc) is 2.69. The van der Waals surface area contributed by atoms with Crippen molar-refractivity contribution in [3.8, 4) is 0 Å². The number of benzene rings is 1. The summed E-state index contributed by atoms with van der Waals surface area (Å²) in [6.07, 6.45) is 4.97. The van der Waals surface area contributed by atoms with Gasteiger partial charge in [-0.15, -0.1) is 0 Å². The van der Waals surface area contributed by atoms with Gasteiger partial charge in [-0.25, -0.2) is 0 Å². The summed E-state index contributed by atoms with van der Waals surface area (Å²) in [4.78, 5) is 29.3. The molecule has 140 valence electrons. The molecule has 4 rings (SSSR count). The number of amides is 2. The molecule has 2 heterocycles. The summed E-state index contributed by atoms with van der Waals surface area (Å²) in [6, 6.07) is 10.8. The van der Waals surface area contributed by atoms with Crippen molar-refractivity contribution in [2.45, 2.75) is 50.2 Å². The SMILES string of the molecule is O=C1N[C@@H]2CCCC[C@@H]2[NH2+][C@@H]1CC(=O)N1CCN(c2ccccc2)CC1. The van der Waals surface area contributed by atoms with E-state index < -0.39 is 0 Å². The number of para-hydroxylation sites is 1. The number of fused-ring (bicyclic) bond motifs is 1. The number of nitrogens with zero attached hydrogens (tertiary/aromatic N) is 2. The van der Waals surface area contributed by atoms with Crippen LogP contribution in [0.2, 0.25) is 0 Å². The maximum atomic E-state index is 12.7. The van der Waals surface area contributed by atoms with E-state index in [1.807, 2.05) is 23.1 Å². The second-order valence-electron chi connectivity index (χ2n) is 7.77. The van der Waals surface area contributed by atoms with Crippen LogP contribution in [0.5, 0.6) is 0 Å². The molecule has 6 heteroatoms. The van der Waals surface area contributed by atoms with Crippen LogP contribution >= 0.6 is 0 Å². The predicted molar refractivity (Wildman–Crippen MR) is 99.8 cm³/mol. The van der Waals surface area contributed by atoms with Crippen LogP contribution in [0.4, 0.5) is 5.69 Å². The van der Waals surface area contributed by atoms with Gasteiger partial charge in [-0.2, -0.15) is 0 Å². The lowest BCUT2D eigenvalue weighted by atomic mass is 9.87. The molecule has 1 aliphatic carbocycles. The van der Waals surface area contributed by atoms with Gasteiger partial charge in [0.15, 0.2) is 6.04 Å². The Morgan fingerprint density at radius 1 is 1.08 bits per heavy atom. The first-order chi connectivity index (χ1) is 12.7. The van der Waals surface area contributed by atoms with Crippen LogP contribution in [-0.2, 0) is 9.59 Å². The van der Waals surface area contributed by atoms with Gasteiger partial charge >= 0.3 is 0 Å². The van der Waals surface area contributed by atoms with Gasteiger partial charge in [-0.3, -0.25) is 9.59 Å². The highest BCUT2D eigenvalue weighted by molar-refractivity contribution is 5.87. The highest BCUT2D eigenvalue weighted by Crippen LogP contribution is 2.19. The molecule has 26 heavy (non-hydrogen) atoms. The van der Waals surface area contributed by atoms with E-state index in [0.717, 1.165) is 39.0 Å². The van der Waals surface area contributed by atoms with Gasteiger partial charge in [-0.1, -0.05) is 24.6 Å². The van der Waals surface area contributed by atoms with Gasteiger partial charge in [0.25, 0.3) is 5.91 Å². The number of nitrogens with one attached hydrogen (secondary N) is 1. The molecular weight excluding hydrogens is 328 g/mol. The molecule has 3 aliphatic rings. The Kier molecular flexibility index (Phi) is 5.11. The fourth-order valence-corrected chi connectivity index (χ4v) is 4.58. The summed E-state index contributed by atoms with van der Waals surface area (Å²) in [5.74, 6) is 0.160. The average molecular weight is 357 g/mol. The number of quaternary nitrogens is 1. The molecule has 3 fully saturated rings. The zero-order valence-electron chi connectivity index (χ0n) is 15.3. The van der Waals surface area contributed by atoms with Crippen molar-refractivity contribution in [1.82, 2.24) is 10.2 Å². The second-order valence-corrected chi connectivity index (χ2v) is 7.77. The number of carbonyl (C=O) groups is 2. The van der Waals surface area contributed by atoms with Gasteiger partial charge in [0.1, 0.15) is 6.04 Å². The normalized spacial score (nSPS) is 29.1. The lowest BCUT2D eigenvalue weighted by molar-refractivity contribution is -0.718. The Morgan fingerprint density at radius 3 is 2.58 bits per heavy atom. The lowest BCUT2D eigenvalue weighted by Crippen LogP contribution is -3.03. The number of hydrogen-bond donors (Lipinski definition) is 2. The molecule has 0 aromatic heterocycles. The van der Waals surface area contributed by atoms with Crippen LogP contribution in [0.25, 0.3) is 0 Å². The van der Waals surface area contributed by atoms with Gasteiger partial charge in [-0.05, 0) is 25.0 Å². The Balaban J connectivity index is 1.29. The topological polar surface area (TPSA) is 69.3 Å². The van der Waals surface area contributed by atoms with E-state index in [0.29, 0.717) is 18.5 Å². The first kappa shape index (κ1) is 17.3. The zero-order valence-corrected chi connectivity index (χ0v) is 15.3. The quantitative estimate of drug-likeness (QED) is 0.806. The minimum atomic E-state index is -0.256. The van der Waals surface area contributed by atoms with Gasteiger partial charge in [0.05, 0.1) is 12.5 Å². The van der Waals surface area contributed by atoms with Crippen LogP contribution in [0.15, 0.2) is 30.3 Å². The highest BCUT2D eigenvalue weighted by atomic mass is 16.2. The van der Waals surface area contributed by atoms with E-state index in [9.17, 15) is 9.59 Å². The summed E-state index contributed by atoms with van der Waals surface area (Å²) in [6.45, 7) is 3.16. The highest BCUT2D eigenvalue weighted by Gasteiger charge is 2.41. The van der Waals surface area contributed by atoms with E-state index >= 15 is 0 Å². The molecule has 0 radical (unpaired) electrons. The van der Waals surface area contributed by atoms with Gasteiger partial charge in [0.2, 0.25) is 5.91 Å². The summed E-state index contributed by atoms with van der Waals surface area (Å²) < 4.78 is 0. The predicted octanol–water partition coefficient (Wildman–Crippen LogP) is 0.0983. The summed E-state index contributed by atoms with van der Waals surface area (Å²) in [7, 11) is 0. The number of rotatable bonds is 3. The number of carbonyl (C=O) groups excluding carboxylic acids is 2. The number of hydrogen-bond acceptors (Lipinski definition) is 3. The molecule has 2 aliphatic heterocycles. The molecule has 2 saturated heterocycles. The Hall–Kier alpha value is -2.08. The maximum Gasteiger partial charge on any atom is 0.279 e. The Morgan fingerprint density at radius 2 is 1.81 bits per heavy atom. The van der Waals surface area contributed by atoms with E-state index in [2.05, 4.69) is 27.7 Å². The molecule has 1 aromatic rings. The van der Waals surface area contributed by atoms with Gasteiger partial charge in [0, 0.05) is 38.3 Å². The third-order valence-corrected chi connectivity index (χ3v) is 6.11. The Labute approximate surface area is 154 Å². The largest absolute Gasteiger partial charge is 0.368 e. The van der Waals surface area contributed by atoms with Crippen LogP contribution in [0.1, 0.15) is 32.1 Å². The summed E-state index contributed by atoms with van der Waals surface area (Å²) >= 11 is 0. The third kappa shape index (κ3) is 3.70. The molecule has 1 aromatic carbocycles. The molecular formula is C20H29N4O2+. The first-order valence-corrected chi connectivity index (χ1v) is 9.94. The van der Waals surface area contributed by atoms with Crippen LogP contribution < -0.4 is 15.5 Å². The Bertz CT molecular complexity index is 642. The van der Waals surface area contributed by atoms with E-state index in [1.54, 1.807) is 0 Å². The van der Waals surface area contributed by atoms with E-state index in [-0.39, 0.29) is 17.9 Å². The van der Waals surface area contributed by atoms with Crippen molar-refractivity contribution in [3.05, 3.63) is 30.3 Å². The minimum absolute atomic E-state index is 0.0458. The standard InChI is InChI=1S/C20H28N4O2/c25-19(14-18-20(26)22-17-9-5-4-8-16(17)21-18)24-12-10-23(11-13-24)15-6-2-1-3-7-15/h1-3,6-7,16-18,21H,4-5,8-14H2,(H,22,26)/p+1/t16-,17+,18+/m0/s1. The van der Waals surface area contributed by atoms with Crippen LogP contribution in [-0.4, -0.2) is 61.0 Å². The molecule has 0 spiro atoms. The fraction of sp³-hybridized carbons (Fsp3) is 0.600. The van der Waals surface area contributed by atoms with Crippen molar-refractivity contribution in [2.75, 3.05) is 31.1 Å². The van der Waals surface area contributed by atoms with Crippen molar-refractivity contribution >= 4 is 17.5 Å². The third-order valence-electron chi connectivity index (χ3n) is 6.11. The molecule has 3 atom stereocenters. The van der Waals surface area contributed by atoms with Crippen LogP contribution in [0, 0.1) is 0 Å². The molecule has 3 N–H and O–H groups in total. The van der Waals surface area contributed by atoms with Crippen molar-refractivity contribution in [1.29, 1.82) is 0 Å². The molecule has 2 amide bonds.